The van der Waals surface area contributed by atoms with E-state index in [-0.39, 0.29) is 24.4 Å². The van der Waals surface area contributed by atoms with E-state index in [1.165, 1.54) is 5.56 Å². The maximum Gasteiger partial charge on any atom is 0.246 e. The van der Waals surface area contributed by atoms with Crippen molar-refractivity contribution in [2.24, 2.45) is 0 Å². The van der Waals surface area contributed by atoms with Crippen molar-refractivity contribution < 1.29 is 19.1 Å². The quantitative estimate of drug-likeness (QED) is 0.393. The maximum absolute atomic E-state index is 13.9. The predicted octanol–water partition coefficient (Wildman–Crippen LogP) is 4.65. The predicted molar refractivity (Wildman–Crippen MR) is 145 cm³/mol. The molecule has 2 atom stereocenters. The van der Waals surface area contributed by atoms with Gasteiger partial charge < -0.3 is 24.3 Å². The lowest BCUT2D eigenvalue weighted by Gasteiger charge is -2.47. The van der Waals surface area contributed by atoms with E-state index in [9.17, 15) is 9.59 Å². The van der Waals surface area contributed by atoms with Gasteiger partial charge in [-0.25, -0.2) is 0 Å². The number of amides is 2. The standard InChI is InChI=1S/C31H31N3O4/c1-37-27-15-13-21(16-28(27)38-2)18-33-19-29(35)34-25(14-12-20-8-4-3-5-9-20)30-23(17-26(34)31(33)36)22-10-6-7-11-24(22)32-30/h3-11,13,15-16,25-26,32H,12,14,17-19H2,1-2H3. The Bertz CT molecular complexity index is 1500. The summed E-state index contributed by atoms with van der Waals surface area (Å²) in [6.07, 6.45) is 2.07. The average molecular weight is 510 g/mol. The molecule has 0 spiro atoms. The number of carbonyl (C=O) groups is 2. The molecule has 2 aliphatic rings. The van der Waals surface area contributed by atoms with Crippen LogP contribution in [0.5, 0.6) is 11.5 Å². The molecule has 3 heterocycles. The van der Waals surface area contributed by atoms with Gasteiger partial charge in [-0.1, -0.05) is 54.6 Å². The molecular weight excluding hydrogens is 478 g/mol. The fourth-order valence-electron chi connectivity index (χ4n) is 6.03. The number of aromatic nitrogens is 1. The van der Waals surface area contributed by atoms with E-state index in [1.807, 2.05) is 53.4 Å². The Hall–Kier alpha value is -4.26. The number of aryl methyl sites for hydroxylation is 1. The van der Waals surface area contributed by atoms with Crippen LogP contribution in [0.3, 0.4) is 0 Å². The first-order valence-corrected chi connectivity index (χ1v) is 13.0. The molecule has 194 valence electrons. The molecule has 38 heavy (non-hydrogen) atoms. The van der Waals surface area contributed by atoms with Gasteiger partial charge in [0.05, 0.1) is 20.3 Å². The third kappa shape index (κ3) is 4.18. The third-order valence-corrected chi connectivity index (χ3v) is 7.83. The molecule has 2 unspecified atom stereocenters. The van der Waals surface area contributed by atoms with Crippen LogP contribution in [0.1, 0.15) is 34.8 Å². The molecule has 1 saturated heterocycles. The van der Waals surface area contributed by atoms with E-state index in [1.54, 1.807) is 19.1 Å². The molecule has 0 radical (unpaired) electrons. The molecule has 0 saturated carbocycles. The van der Waals surface area contributed by atoms with Crippen LogP contribution in [0.4, 0.5) is 0 Å². The largest absolute Gasteiger partial charge is 0.493 e. The number of piperazine rings is 1. The van der Waals surface area contributed by atoms with Gasteiger partial charge in [0.1, 0.15) is 12.6 Å². The molecule has 1 aromatic heterocycles. The van der Waals surface area contributed by atoms with Gasteiger partial charge in [-0.05, 0) is 47.7 Å². The number of para-hydroxylation sites is 1. The number of benzene rings is 3. The SMILES string of the molecule is COc1ccc(CN2CC(=O)N3C(Cc4c([nH]c5ccccc45)C3CCc3ccccc3)C2=O)cc1OC. The smallest absolute Gasteiger partial charge is 0.246 e. The monoisotopic (exact) mass is 509 g/mol. The highest BCUT2D eigenvalue weighted by atomic mass is 16.5. The van der Waals surface area contributed by atoms with Crippen LogP contribution in [0.25, 0.3) is 10.9 Å². The second kappa shape index (κ2) is 9.89. The van der Waals surface area contributed by atoms with Gasteiger partial charge in [0.2, 0.25) is 11.8 Å². The third-order valence-electron chi connectivity index (χ3n) is 7.83. The number of carbonyl (C=O) groups excluding carboxylic acids is 2. The fraction of sp³-hybridized carbons (Fsp3) is 0.290. The zero-order valence-corrected chi connectivity index (χ0v) is 21.6. The lowest BCUT2D eigenvalue weighted by molar-refractivity contribution is -0.160. The molecule has 7 heteroatoms. The minimum absolute atomic E-state index is 0.0139. The Morgan fingerprint density at radius 2 is 1.66 bits per heavy atom. The second-order valence-electron chi connectivity index (χ2n) is 10.0. The summed E-state index contributed by atoms with van der Waals surface area (Å²) in [7, 11) is 3.18. The van der Waals surface area contributed by atoms with Crippen LogP contribution in [0.2, 0.25) is 0 Å². The Balaban J connectivity index is 1.33. The van der Waals surface area contributed by atoms with Crippen LogP contribution in [-0.2, 0) is 29.0 Å². The van der Waals surface area contributed by atoms with E-state index < -0.39 is 6.04 Å². The highest BCUT2D eigenvalue weighted by molar-refractivity contribution is 5.97. The number of fused-ring (bicyclic) bond motifs is 4. The van der Waals surface area contributed by atoms with Crippen molar-refractivity contribution in [3.63, 3.8) is 0 Å². The number of H-pyrrole nitrogens is 1. The zero-order chi connectivity index (χ0) is 26.2. The summed E-state index contributed by atoms with van der Waals surface area (Å²) >= 11 is 0. The van der Waals surface area contributed by atoms with Gasteiger partial charge in [-0.15, -0.1) is 0 Å². The second-order valence-corrected chi connectivity index (χ2v) is 10.0. The molecule has 0 aliphatic carbocycles. The highest BCUT2D eigenvalue weighted by Gasteiger charge is 2.47. The number of hydrogen-bond acceptors (Lipinski definition) is 4. The van der Waals surface area contributed by atoms with Gasteiger partial charge in [0, 0.05) is 29.6 Å². The molecule has 1 N–H and O–H groups in total. The number of rotatable bonds is 7. The van der Waals surface area contributed by atoms with Crippen LogP contribution in [-0.4, -0.2) is 53.4 Å². The summed E-state index contributed by atoms with van der Waals surface area (Å²) < 4.78 is 10.8. The molecule has 4 aromatic rings. The molecular formula is C31H31N3O4. The van der Waals surface area contributed by atoms with Gasteiger partial charge >= 0.3 is 0 Å². The van der Waals surface area contributed by atoms with E-state index in [4.69, 9.17) is 9.47 Å². The summed E-state index contributed by atoms with van der Waals surface area (Å²) in [6.45, 7) is 0.395. The van der Waals surface area contributed by atoms with Crippen LogP contribution in [0, 0.1) is 0 Å². The molecule has 2 aliphatic heterocycles. The Morgan fingerprint density at radius 1 is 0.895 bits per heavy atom. The molecule has 3 aromatic carbocycles. The first-order chi connectivity index (χ1) is 18.6. The number of nitrogens with one attached hydrogen (secondary N) is 1. The van der Waals surface area contributed by atoms with Crippen molar-refractivity contribution in [3.05, 3.63) is 95.2 Å². The molecule has 0 bridgehead atoms. The van der Waals surface area contributed by atoms with Crippen molar-refractivity contribution >= 4 is 22.7 Å². The van der Waals surface area contributed by atoms with Crippen molar-refractivity contribution in [2.75, 3.05) is 20.8 Å². The van der Waals surface area contributed by atoms with Crippen molar-refractivity contribution in [1.29, 1.82) is 0 Å². The number of ether oxygens (including phenoxy) is 2. The maximum atomic E-state index is 13.9. The van der Waals surface area contributed by atoms with Gasteiger partial charge in [0.15, 0.2) is 11.5 Å². The number of nitrogens with zero attached hydrogens (tertiary/aromatic N) is 2. The molecule has 7 nitrogen and oxygen atoms in total. The van der Waals surface area contributed by atoms with Crippen molar-refractivity contribution in [1.82, 2.24) is 14.8 Å². The van der Waals surface area contributed by atoms with Gasteiger partial charge in [0.25, 0.3) is 0 Å². The summed E-state index contributed by atoms with van der Waals surface area (Å²) in [5.41, 5.74) is 5.37. The summed E-state index contributed by atoms with van der Waals surface area (Å²) in [6, 6.07) is 23.4. The van der Waals surface area contributed by atoms with E-state index in [0.717, 1.165) is 40.6 Å². The average Bonchev–Trinajstić information content (AvgIpc) is 3.33. The topological polar surface area (TPSA) is 74.9 Å². The number of aromatic amines is 1. The van der Waals surface area contributed by atoms with E-state index >= 15 is 0 Å². The van der Waals surface area contributed by atoms with Gasteiger partial charge in [-0.3, -0.25) is 9.59 Å². The fourth-order valence-corrected chi connectivity index (χ4v) is 6.03. The Morgan fingerprint density at radius 3 is 2.45 bits per heavy atom. The first-order valence-electron chi connectivity index (χ1n) is 13.0. The summed E-state index contributed by atoms with van der Waals surface area (Å²) in [5.74, 6) is 1.20. The summed E-state index contributed by atoms with van der Waals surface area (Å²) in [5, 5.41) is 1.13. The normalized spacial score (nSPS) is 18.9. The highest BCUT2D eigenvalue weighted by Crippen LogP contribution is 2.41. The molecule has 2 amide bonds. The minimum Gasteiger partial charge on any atom is -0.493 e. The molecule has 6 rings (SSSR count). The first kappa shape index (κ1) is 24.1. The Kier molecular flexibility index (Phi) is 6.27. The van der Waals surface area contributed by atoms with Crippen molar-refractivity contribution in [2.45, 2.75) is 37.9 Å². The van der Waals surface area contributed by atoms with Crippen molar-refractivity contribution in [3.8, 4) is 11.5 Å². The Labute approximate surface area is 222 Å². The lowest BCUT2D eigenvalue weighted by atomic mass is 9.86. The minimum atomic E-state index is -0.524. The number of hydrogen-bond donors (Lipinski definition) is 1. The zero-order valence-electron chi connectivity index (χ0n) is 21.6. The number of methoxy groups -OCH3 is 2. The van der Waals surface area contributed by atoms with E-state index in [0.29, 0.717) is 24.5 Å². The van der Waals surface area contributed by atoms with Crippen LogP contribution >= 0.6 is 0 Å². The summed E-state index contributed by atoms with van der Waals surface area (Å²) in [4.78, 5) is 34.8. The van der Waals surface area contributed by atoms with E-state index in [2.05, 4.69) is 29.2 Å². The lowest BCUT2D eigenvalue weighted by Crippen LogP contribution is -2.62. The van der Waals surface area contributed by atoms with Crippen LogP contribution < -0.4 is 9.47 Å². The van der Waals surface area contributed by atoms with Gasteiger partial charge in [-0.2, -0.15) is 0 Å². The van der Waals surface area contributed by atoms with Crippen LogP contribution in [0.15, 0.2) is 72.8 Å². The molecule has 1 fully saturated rings.